The van der Waals surface area contributed by atoms with E-state index in [4.69, 9.17) is 10.5 Å². The number of likely N-dealkylation sites (tertiary alicyclic amines) is 1. The van der Waals surface area contributed by atoms with Crippen LogP contribution in [0.2, 0.25) is 5.82 Å². The molecule has 1 aromatic rings. The number of carbonyl (C=O) groups is 2. The topological polar surface area (TPSA) is 166 Å². The summed E-state index contributed by atoms with van der Waals surface area (Å²) in [5.74, 6) is -2.66. The van der Waals surface area contributed by atoms with Crippen molar-refractivity contribution >= 4 is 19.0 Å². The number of carboxylic acid groups (broad SMARTS) is 1. The molecule has 2 aliphatic heterocycles. The molecule has 29 heavy (non-hydrogen) atoms. The van der Waals surface area contributed by atoms with Crippen LogP contribution >= 0.6 is 0 Å². The van der Waals surface area contributed by atoms with E-state index < -0.39 is 18.9 Å². The third-order valence-corrected chi connectivity index (χ3v) is 6.14. The molecule has 0 aromatic heterocycles. The fraction of sp³-hybridized carbons (Fsp3) is 0.556. The van der Waals surface area contributed by atoms with Crippen LogP contribution < -0.4 is 15.8 Å². The van der Waals surface area contributed by atoms with Gasteiger partial charge in [0.15, 0.2) is 0 Å². The minimum Gasteiger partial charge on any atom is -0.507 e. The normalized spacial score (nSPS) is 29.3. The van der Waals surface area contributed by atoms with Crippen molar-refractivity contribution in [2.75, 3.05) is 19.6 Å². The Labute approximate surface area is 167 Å². The lowest BCUT2D eigenvalue weighted by molar-refractivity contribution is -0.119. The highest BCUT2D eigenvalue weighted by atomic mass is 16.5. The van der Waals surface area contributed by atoms with Crippen molar-refractivity contribution in [3.63, 3.8) is 0 Å². The summed E-state index contributed by atoms with van der Waals surface area (Å²) in [5.41, 5.74) is 5.40. The number of nitrogens with two attached hydrogens (primary N) is 1. The van der Waals surface area contributed by atoms with Crippen LogP contribution in [0.5, 0.6) is 11.5 Å². The van der Waals surface area contributed by atoms with Crippen LogP contribution in [0.25, 0.3) is 0 Å². The zero-order valence-electron chi connectivity index (χ0n) is 15.7. The molecule has 11 heteroatoms. The van der Waals surface area contributed by atoms with Gasteiger partial charge in [-0.2, -0.15) is 0 Å². The zero-order valence-corrected chi connectivity index (χ0v) is 15.7. The summed E-state index contributed by atoms with van der Waals surface area (Å²) in [4.78, 5) is 25.1. The molecule has 0 radical (unpaired) electrons. The Morgan fingerprint density at radius 2 is 1.97 bits per heavy atom. The number of amides is 1. The number of hydrogen-bond acceptors (Lipinski definition) is 8. The van der Waals surface area contributed by atoms with Gasteiger partial charge in [0.1, 0.15) is 23.2 Å². The maximum atomic E-state index is 11.7. The monoisotopic (exact) mass is 405 g/mol. The van der Waals surface area contributed by atoms with E-state index in [2.05, 4.69) is 10.2 Å². The summed E-state index contributed by atoms with van der Waals surface area (Å²) in [5, 5.41) is 41.6. The Bertz CT molecular complexity index is 830. The number of carboxylic acids is 1. The van der Waals surface area contributed by atoms with E-state index in [0.717, 1.165) is 0 Å². The van der Waals surface area contributed by atoms with Crippen molar-refractivity contribution in [2.24, 2.45) is 5.73 Å². The van der Waals surface area contributed by atoms with E-state index in [-0.39, 0.29) is 47.1 Å². The summed E-state index contributed by atoms with van der Waals surface area (Å²) in [6.45, 7) is 1.83. The Balaban J connectivity index is 1.40. The quantitative estimate of drug-likeness (QED) is 0.302. The summed E-state index contributed by atoms with van der Waals surface area (Å²) < 4.78 is 5.82. The highest BCUT2D eigenvalue weighted by Gasteiger charge is 2.48. The van der Waals surface area contributed by atoms with Gasteiger partial charge < -0.3 is 36.0 Å². The number of ether oxygens (including phenoxy) is 1. The van der Waals surface area contributed by atoms with E-state index in [9.17, 15) is 29.9 Å². The van der Waals surface area contributed by atoms with Gasteiger partial charge in [-0.15, -0.1) is 0 Å². The third-order valence-electron chi connectivity index (χ3n) is 6.14. The molecule has 7 N–H and O–H groups in total. The van der Waals surface area contributed by atoms with Crippen LogP contribution in [-0.2, 0) is 4.79 Å². The third kappa shape index (κ3) is 3.78. The standard InChI is InChI=1S/C18H24BN3O7/c20-17(24)13-3-8(5-21-13)22-6-9(7-22)29-14-2-1-10(11-4-12(11)19(27)28)16(23)15(14)18(25)26/h1-2,8-9,11-13,21,23,27-28H,3-7H2,(H2,20,24)(H,25,26)/t8-,11-,12-,13-/m0/s1. The molecular weight excluding hydrogens is 381 g/mol. The molecule has 156 valence electrons. The van der Waals surface area contributed by atoms with Crippen LogP contribution in [-0.4, -0.2) is 82.0 Å². The largest absolute Gasteiger partial charge is 0.507 e. The molecule has 1 aliphatic carbocycles. The molecule has 4 atom stereocenters. The predicted molar refractivity (Wildman–Crippen MR) is 102 cm³/mol. The molecule has 0 spiro atoms. The number of nitrogens with zero attached hydrogens (tertiary/aromatic N) is 1. The first-order chi connectivity index (χ1) is 13.8. The van der Waals surface area contributed by atoms with E-state index in [1.54, 1.807) is 6.07 Å². The summed E-state index contributed by atoms with van der Waals surface area (Å²) >= 11 is 0. The number of rotatable bonds is 7. The van der Waals surface area contributed by atoms with Crippen LogP contribution in [0, 0.1) is 0 Å². The molecule has 2 heterocycles. The number of nitrogens with one attached hydrogen (secondary N) is 1. The molecule has 1 aromatic carbocycles. The molecular formula is C18H24BN3O7. The van der Waals surface area contributed by atoms with Gasteiger partial charge in [0.2, 0.25) is 5.91 Å². The molecule has 4 rings (SSSR count). The summed E-state index contributed by atoms with van der Waals surface area (Å²) in [6, 6.07) is 2.95. The zero-order chi connectivity index (χ0) is 20.9. The first kappa shape index (κ1) is 20.0. The average molecular weight is 405 g/mol. The van der Waals surface area contributed by atoms with E-state index in [0.29, 0.717) is 38.0 Å². The van der Waals surface area contributed by atoms with Gasteiger partial charge in [-0.3, -0.25) is 9.69 Å². The number of benzene rings is 1. The van der Waals surface area contributed by atoms with Gasteiger partial charge >= 0.3 is 13.1 Å². The molecule has 1 saturated carbocycles. The van der Waals surface area contributed by atoms with Crippen LogP contribution in [0.3, 0.4) is 0 Å². The van der Waals surface area contributed by atoms with Crippen molar-refractivity contribution in [2.45, 2.75) is 42.8 Å². The SMILES string of the molecule is NC(=O)[C@@H]1C[C@H](N2CC(Oc3ccc([C@@H]4C[C@@H]4B(O)O)c(O)c3C(=O)O)C2)CN1. The lowest BCUT2D eigenvalue weighted by Gasteiger charge is -2.42. The van der Waals surface area contributed by atoms with Gasteiger partial charge in [0, 0.05) is 31.5 Å². The average Bonchev–Trinajstić information content (AvgIpc) is 3.26. The first-order valence-electron chi connectivity index (χ1n) is 9.65. The molecule has 3 aliphatic rings. The minimum atomic E-state index is -1.50. The second-order valence-electron chi connectivity index (χ2n) is 8.05. The fourth-order valence-corrected chi connectivity index (χ4v) is 4.33. The molecule has 1 amide bonds. The van der Waals surface area contributed by atoms with Crippen molar-refractivity contribution in [1.29, 1.82) is 0 Å². The lowest BCUT2D eigenvalue weighted by atomic mass is 9.81. The summed E-state index contributed by atoms with van der Waals surface area (Å²) in [6.07, 6.45) is 0.889. The number of aromatic hydroxyl groups is 1. The second-order valence-corrected chi connectivity index (χ2v) is 8.05. The Morgan fingerprint density at radius 3 is 2.52 bits per heavy atom. The van der Waals surface area contributed by atoms with Crippen molar-refractivity contribution in [1.82, 2.24) is 10.2 Å². The maximum absolute atomic E-state index is 11.7. The van der Waals surface area contributed by atoms with Gasteiger partial charge in [-0.25, -0.2) is 4.79 Å². The second kappa shape index (κ2) is 7.49. The molecule has 3 fully saturated rings. The number of carbonyl (C=O) groups excluding carboxylic acids is 1. The van der Waals surface area contributed by atoms with Crippen molar-refractivity contribution in [3.8, 4) is 11.5 Å². The smallest absolute Gasteiger partial charge is 0.455 e. The van der Waals surface area contributed by atoms with Crippen LogP contribution in [0.15, 0.2) is 12.1 Å². The lowest BCUT2D eigenvalue weighted by Crippen LogP contribution is -2.58. The van der Waals surface area contributed by atoms with Crippen LogP contribution in [0.1, 0.15) is 34.7 Å². The number of phenols is 1. The van der Waals surface area contributed by atoms with Gasteiger partial charge in [-0.05, 0) is 30.4 Å². The Hall–Kier alpha value is -2.34. The van der Waals surface area contributed by atoms with Gasteiger partial charge in [-0.1, -0.05) is 6.07 Å². The summed E-state index contributed by atoms with van der Waals surface area (Å²) in [7, 11) is -1.50. The molecule has 0 bridgehead atoms. The predicted octanol–water partition coefficient (Wildman–Crippen LogP) is -1.30. The molecule has 0 unspecified atom stereocenters. The highest BCUT2D eigenvalue weighted by Crippen LogP contribution is 2.56. The van der Waals surface area contributed by atoms with Crippen molar-refractivity contribution in [3.05, 3.63) is 23.3 Å². The first-order valence-corrected chi connectivity index (χ1v) is 9.65. The van der Waals surface area contributed by atoms with Gasteiger partial charge in [0.05, 0.1) is 6.04 Å². The number of hydrogen-bond donors (Lipinski definition) is 6. The van der Waals surface area contributed by atoms with Crippen molar-refractivity contribution < 1.29 is 34.6 Å². The molecule has 10 nitrogen and oxygen atoms in total. The molecule has 2 saturated heterocycles. The van der Waals surface area contributed by atoms with Crippen LogP contribution in [0.4, 0.5) is 0 Å². The Morgan fingerprint density at radius 1 is 1.24 bits per heavy atom. The highest BCUT2D eigenvalue weighted by molar-refractivity contribution is 6.44. The fourth-order valence-electron chi connectivity index (χ4n) is 4.33. The number of primary amides is 1. The maximum Gasteiger partial charge on any atom is 0.455 e. The van der Waals surface area contributed by atoms with Gasteiger partial charge in [0.25, 0.3) is 0 Å². The Kier molecular flexibility index (Phi) is 5.15. The number of aromatic carboxylic acids is 1. The van der Waals surface area contributed by atoms with E-state index >= 15 is 0 Å². The van der Waals surface area contributed by atoms with E-state index in [1.807, 2.05) is 0 Å². The van der Waals surface area contributed by atoms with E-state index in [1.165, 1.54) is 6.07 Å². The minimum absolute atomic E-state index is 0.0877.